The van der Waals surface area contributed by atoms with E-state index in [9.17, 15) is 14.4 Å². The van der Waals surface area contributed by atoms with Gasteiger partial charge in [-0.3, -0.25) is 9.59 Å². The second-order valence-corrected chi connectivity index (χ2v) is 2.36. The van der Waals surface area contributed by atoms with Gasteiger partial charge in [-0.25, -0.2) is 4.79 Å². The predicted molar refractivity (Wildman–Crippen MR) is 41.7 cm³/mol. The summed E-state index contributed by atoms with van der Waals surface area (Å²) in [4.78, 5) is 35.6. The van der Waals surface area contributed by atoms with Gasteiger partial charge < -0.3 is 16.3 Å². The quantitative estimate of drug-likeness (QED) is 0.434. The van der Waals surface area contributed by atoms with Crippen molar-refractivity contribution in [3.05, 3.63) is 0 Å². The Morgan fingerprint density at radius 1 is 1.46 bits per heavy atom. The lowest BCUT2D eigenvalue weighted by atomic mass is 10.2. The summed E-state index contributed by atoms with van der Waals surface area (Å²) in [6.45, 7) is 1.16. The molecule has 7 nitrogen and oxygen atoms in total. The summed E-state index contributed by atoms with van der Waals surface area (Å²) in [6, 6.07) is -1.15. The van der Waals surface area contributed by atoms with E-state index in [0.29, 0.717) is 0 Å². The molecule has 0 saturated heterocycles. The van der Waals surface area contributed by atoms with Gasteiger partial charge in [-0.1, -0.05) is 0 Å². The van der Waals surface area contributed by atoms with Crippen molar-refractivity contribution in [3.8, 4) is 0 Å². The van der Waals surface area contributed by atoms with Gasteiger partial charge in [-0.05, 0) is 0 Å². The van der Waals surface area contributed by atoms with Gasteiger partial charge >= 0.3 is 5.97 Å². The molecule has 0 rings (SSSR count). The first-order valence-corrected chi connectivity index (χ1v) is 3.44. The van der Waals surface area contributed by atoms with Gasteiger partial charge in [0.1, 0.15) is 6.04 Å². The van der Waals surface area contributed by atoms with E-state index in [1.807, 2.05) is 0 Å². The number of hydrogen-bond acceptors (Lipinski definition) is 5. The van der Waals surface area contributed by atoms with Crippen molar-refractivity contribution in [3.63, 3.8) is 0 Å². The van der Waals surface area contributed by atoms with E-state index in [1.54, 1.807) is 5.48 Å². The first kappa shape index (κ1) is 11.4. The maximum Gasteiger partial charge on any atom is 0.349 e. The van der Waals surface area contributed by atoms with Crippen LogP contribution in [-0.2, 0) is 19.2 Å². The van der Waals surface area contributed by atoms with Crippen LogP contribution in [0, 0.1) is 0 Å². The smallest absolute Gasteiger partial charge is 0.349 e. The zero-order chi connectivity index (χ0) is 10.4. The van der Waals surface area contributed by atoms with Gasteiger partial charge in [0.05, 0.1) is 6.42 Å². The maximum atomic E-state index is 10.8. The van der Waals surface area contributed by atoms with Crippen LogP contribution in [0.1, 0.15) is 13.3 Å². The fourth-order valence-electron chi connectivity index (χ4n) is 0.498. The van der Waals surface area contributed by atoms with Crippen LogP contribution in [0.4, 0.5) is 0 Å². The molecule has 2 amide bonds. The Hall–Kier alpha value is -1.63. The van der Waals surface area contributed by atoms with Crippen molar-refractivity contribution in [1.82, 2.24) is 5.48 Å². The zero-order valence-corrected chi connectivity index (χ0v) is 7.07. The molecule has 0 aliphatic heterocycles. The van der Waals surface area contributed by atoms with Crippen molar-refractivity contribution in [2.45, 2.75) is 19.4 Å². The Morgan fingerprint density at radius 3 is 2.38 bits per heavy atom. The number of amides is 2. The third kappa shape index (κ3) is 5.62. The minimum Gasteiger partial charge on any atom is -0.370 e. The van der Waals surface area contributed by atoms with Crippen molar-refractivity contribution in [2.75, 3.05) is 0 Å². The van der Waals surface area contributed by atoms with Crippen LogP contribution >= 0.6 is 0 Å². The summed E-state index contributed by atoms with van der Waals surface area (Å²) in [7, 11) is 0. The second kappa shape index (κ2) is 5.09. The Balaban J connectivity index is 3.82. The number of carbonyl (C=O) groups excluding carboxylic acids is 3. The Morgan fingerprint density at radius 2 is 2.00 bits per heavy atom. The van der Waals surface area contributed by atoms with Crippen LogP contribution in [0.3, 0.4) is 0 Å². The van der Waals surface area contributed by atoms with Gasteiger partial charge in [0.15, 0.2) is 0 Å². The summed E-state index contributed by atoms with van der Waals surface area (Å²) in [5.74, 6) is -2.17. The zero-order valence-electron chi connectivity index (χ0n) is 7.07. The van der Waals surface area contributed by atoms with E-state index < -0.39 is 23.8 Å². The summed E-state index contributed by atoms with van der Waals surface area (Å²) < 4.78 is 0. The monoisotopic (exact) mass is 189 g/mol. The van der Waals surface area contributed by atoms with E-state index in [1.165, 1.54) is 0 Å². The van der Waals surface area contributed by atoms with Crippen LogP contribution in [0.5, 0.6) is 0 Å². The highest BCUT2D eigenvalue weighted by molar-refractivity contribution is 5.84. The average Bonchev–Trinajstić information content (AvgIpc) is 1.98. The minimum atomic E-state index is -1.15. The first-order valence-electron chi connectivity index (χ1n) is 3.44. The molecule has 0 bridgehead atoms. The molecule has 0 radical (unpaired) electrons. The lowest BCUT2D eigenvalue weighted by molar-refractivity contribution is -0.159. The summed E-state index contributed by atoms with van der Waals surface area (Å²) in [6.07, 6.45) is -0.321. The summed E-state index contributed by atoms with van der Waals surface area (Å²) in [5.41, 5.74) is 11.7. The molecule has 1 atom stereocenters. The van der Waals surface area contributed by atoms with Crippen molar-refractivity contribution < 1.29 is 19.2 Å². The van der Waals surface area contributed by atoms with Crippen LogP contribution in [0.2, 0.25) is 0 Å². The third-order valence-electron chi connectivity index (χ3n) is 1.02. The molecular formula is C6H11N3O4. The Bertz CT molecular complexity index is 228. The number of rotatable bonds is 3. The molecule has 0 aliphatic carbocycles. The van der Waals surface area contributed by atoms with Crippen molar-refractivity contribution in [2.24, 2.45) is 11.5 Å². The molecule has 0 heterocycles. The normalized spacial score (nSPS) is 11.5. The van der Waals surface area contributed by atoms with Crippen molar-refractivity contribution in [1.29, 1.82) is 0 Å². The Kier molecular flexibility index (Phi) is 4.45. The Labute approximate surface area is 74.3 Å². The van der Waals surface area contributed by atoms with Crippen LogP contribution < -0.4 is 16.9 Å². The number of hydroxylamine groups is 1. The van der Waals surface area contributed by atoms with Gasteiger partial charge in [-0.15, -0.1) is 0 Å². The van der Waals surface area contributed by atoms with E-state index in [4.69, 9.17) is 11.5 Å². The fourth-order valence-corrected chi connectivity index (χ4v) is 0.498. The standard InChI is InChI=1S/C6H11N3O4/c1-3(10)9-13-6(12)4(7)2-5(8)11/h4H,2,7H2,1H3,(H2,8,11)(H,9,10)/t4-/m0/s1. The topological polar surface area (TPSA) is 125 Å². The van der Waals surface area contributed by atoms with E-state index >= 15 is 0 Å². The van der Waals surface area contributed by atoms with Crippen LogP contribution in [0.25, 0.3) is 0 Å². The third-order valence-corrected chi connectivity index (χ3v) is 1.02. The number of nitrogens with one attached hydrogen (secondary N) is 1. The van der Waals surface area contributed by atoms with Crippen molar-refractivity contribution >= 4 is 17.8 Å². The molecule has 13 heavy (non-hydrogen) atoms. The SMILES string of the molecule is CC(=O)NOC(=O)[C@@H](N)CC(N)=O. The predicted octanol–water partition coefficient (Wildman–Crippen LogP) is -2.22. The second-order valence-electron chi connectivity index (χ2n) is 2.36. The molecule has 0 aromatic rings. The first-order chi connectivity index (χ1) is 5.93. The molecular weight excluding hydrogens is 178 g/mol. The lowest BCUT2D eigenvalue weighted by Gasteiger charge is -2.07. The largest absolute Gasteiger partial charge is 0.370 e. The molecule has 0 spiro atoms. The van der Waals surface area contributed by atoms with Gasteiger partial charge in [0, 0.05) is 6.92 Å². The number of carbonyl (C=O) groups is 3. The molecule has 0 fully saturated rings. The maximum absolute atomic E-state index is 10.8. The fraction of sp³-hybridized carbons (Fsp3) is 0.500. The minimum absolute atomic E-state index is 0.321. The number of nitrogens with two attached hydrogens (primary N) is 2. The number of hydrogen-bond donors (Lipinski definition) is 3. The van der Waals surface area contributed by atoms with Crippen LogP contribution in [-0.4, -0.2) is 23.8 Å². The molecule has 5 N–H and O–H groups in total. The number of primary amides is 1. The molecule has 0 unspecified atom stereocenters. The summed E-state index contributed by atoms with van der Waals surface area (Å²) in [5, 5.41) is 0. The van der Waals surface area contributed by atoms with Gasteiger partial charge in [0.2, 0.25) is 11.8 Å². The van der Waals surface area contributed by atoms with E-state index in [0.717, 1.165) is 6.92 Å². The van der Waals surface area contributed by atoms with Gasteiger partial charge in [0.25, 0.3) is 0 Å². The average molecular weight is 189 g/mol. The molecule has 7 heteroatoms. The highest BCUT2D eigenvalue weighted by Gasteiger charge is 2.18. The molecule has 0 aromatic carbocycles. The van der Waals surface area contributed by atoms with E-state index in [-0.39, 0.29) is 6.42 Å². The van der Waals surface area contributed by atoms with Gasteiger partial charge in [-0.2, -0.15) is 5.48 Å². The van der Waals surface area contributed by atoms with Crippen LogP contribution in [0.15, 0.2) is 0 Å². The highest BCUT2D eigenvalue weighted by Crippen LogP contribution is 1.89. The highest BCUT2D eigenvalue weighted by atomic mass is 16.7. The molecule has 0 saturated carbocycles. The van der Waals surface area contributed by atoms with E-state index in [2.05, 4.69) is 4.84 Å². The molecule has 0 aliphatic rings. The molecule has 0 aromatic heterocycles. The summed E-state index contributed by atoms with van der Waals surface area (Å²) >= 11 is 0. The lowest BCUT2D eigenvalue weighted by Crippen LogP contribution is -2.39. The molecule has 74 valence electrons.